The molecule has 1 aliphatic heterocycles. The molecule has 0 radical (unpaired) electrons. The normalized spacial score (nSPS) is 17.0. The number of rotatable bonds is 6. The number of ether oxygens (including phenoxy) is 2. The molecule has 1 fully saturated rings. The minimum Gasteiger partial charge on any atom is -0.488 e. The fourth-order valence-corrected chi connectivity index (χ4v) is 2.57. The molecule has 1 N–H and O–H groups in total. The number of benzene rings is 1. The molecule has 1 aromatic rings. The zero-order chi connectivity index (χ0) is 17.7. The highest BCUT2D eigenvalue weighted by atomic mass is 35.5. The van der Waals surface area contributed by atoms with Gasteiger partial charge >= 0.3 is 6.09 Å². The maximum atomic E-state index is 11.7. The summed E-state index contributed by atoms with van der Waals surface area (Å²) < 4.78 is 11.1. The summed E-state index contributed by atoms with van der Waals surface area (Å²) in [4.78, 5) is 14.0. The molecular weight excluding hydrogens is 328 g/mol. The second kappa shape index (κ2) is 8.08. The summed E-state index contributed by atoms with van der Waals surface area (Å²) in [6, 6.07) is 7.51. The Bertz CT molecular complexity index is 536. The lowest BCUT2D eigenvalue weighted by Gasteiger charge is -2.39. The van der Waals surface area contributed by atoms with Crippen LogP contribution in [0, 0.1) is 0 Å². The number of alkyl carbamates (subject to hydrolysis) is 1. The molecule has 2 rings (SSSR count). The third-order valence-corrected chi connectivity index (χ3v) is 3.93. The molecule has 6 heteroatoms. The van der Waals surface area contributed by atoms with Gasteiger partial charge in [0.1, 0.15) is 17.5 Å². The largest absolute Gasteiger partial charge is 0.488 e. The van der Waals surface area contributed by atoms with Gasteiger partial charge in [-0.2, -0.15) is 0 Å². The van der Waals surface area contributed by atoms with Crippen LogP contribution < -0.4 is 10.1 Å². The van der Waals surface area contributed by atoms with E-state index in [1.807, 2.05) is 52.0 Å². The van der Waals surface area contributed by atoms with E-state index in [1.165, 1.54) is 0 Å². The molecule has 24 heavy (non-hydrogen) atoms. The van der Waals surface area contributed by atoms with Gasteiger partial charge in [-0.3, -0.25) is 4.90 Å². The van der Waals surface area contributed by atoms with Crippen LogP contribution in [0.1, 0.15) is 34.1 Å². The molecule has 1 aromatic carbocycles. The Morgan fingerprint density at radius 1 is 1.33 bits per heavy atom. The molecule has 1 amide bonds. The first-order chi connectivity index (χ1) is 11.2. The first-order valence-corrected chi connectivity index (χ1v) is 8.73. The summed E-state index contributed by atoms with van der Waals surface area (Å²) in [5, 5.41) is 3.58. The Hall–Kier alpha value is -1.46. The van der Waals surface area contributed by atoms with Crippen molar-refractivity contribution in [2.24, 2.45) is 0 Å². The number of nitrogens with zero attached hydrogens (tertiary/aromatic N) is 1. The van der Waals surface area contributed by atoms with Gasteiger partial charge in [0.25, 0.3) is 0 Å². The average molecular weight is 355 g/mol. The second-order valence-electron chi connectivity index (χ2n) is 7.29. The van der Waals surface area contributed by atoms with Crippen molar-refractivity contribution in [1.82, 2.24) is 10.2 Å². The number of halogens is 1. The van der Waals surface area contributed by atoms with Gasteiger partial charge in [0.05, 0.1) is 0 Å². The van der Waals surface area contributed by atoms with E-state index in [9.17, 15) is 4.79 Å². The van der Waals surface area contributed by atoms with E-state index in [4.69, 9.17) is 21.1 Å². The zero-order valence-electron chi connectivity index (χ0n) is 14.8. The van der Waals surface area contributed by atoms with Crippen LogP contribution in [0.25, 0.3) is 0 Å². The van der Waals surface area contributed by atoms with Gasteiger partial charge in [-0.15, -0.1) is 0 Å². The number of carbonyl (C=O) groups excluding carboxylic acids is 1. The molecule has 0 aromatic heterocycles. The molecule has 1 heterocycles. The highest BCUT2D eigenvalue weighted by Gasteiger charge is 2.28. The molecule has 0 aliphatic carbocycles. The van der Waals surface area contributed by atoms with Gasteiger partial charge < -0.3 is 14.8 Å². The number of amides is 1. The van der Waals surface area contributed by atoms with E-state index in [-0.39, 0.29) is 18.2 Å². The minimum atomic E-state index is -0.465. The number of carbonyl (C=O) groups is 1. The summed E-state index contributed by atoms with van der Waals surface area (Å²) in [6.45, 7) is 10.3. The lowest BCUT2D eigenvalue weighted by Crippen LogP contribution is -2.54. The Balaban J connectivity index is 1.60. The first-order valence-electron chi connectivity index (χ1n) is 8.35. The maximum Gasteiger partial charge on any atom is 0.407 e. The van der Waals surface area contributed by atoms with Gasteiger partial charge in [0.15, 0.2) is 0 Å². The highest BCUT2D eigenvalue weighted by Crippen LogP contribution is 2.20. The maximum absolute atomic E-state index is 11.7. The van der Waals surface area contributed by atoms with Crippen molar-refractivity contribution in [1.29, 1.82) is 0 Å². The molecule has 0 spiro atoms. The standard InChI is InChI=1S/C18H27ClN2O3/c1-13(20-17(22)24-18(2,3)4)9-10-21-11-16(12-21)23-15-7-5-14(19)6-8-15/h5-8,13,16H,9-12H2,1-4H3,(H,20,22)/t13-/m1/s1. The highest BCUT2D eigenvalue weighted by molar-refractivity contribution is 6.30. The monoisotopic (exact) mass is 354 g/mol. The molecule has 134 valence electrons. The molecule has 0 saturated carbocycles. The Kier molecular flexibility index (Phi) is 6.35. The van der Waals surface area contributed by atoms with Crippen LogP contribution in [0.4, 0.5) is 4.79 Å². The molecule has 0 unspecified atom stereocenters. The quantitative estimate of drug-likeness (QED) is 0.846. The fourth-order valence-electron chi connectivity index (χ4n) is 2.44. The first kappa shape index (κ1) is 18.9. The Morgan fingerprint density at radius 3 is 2.54 bits per heavy atom. The van der Waals surface area contributed by atoms with Gasteiger partial charge in [0.2, 0.25) is 0 Å². The summed E-state index contributed by atoms with van der Waals surface area (Å²) in [5.41, 5.74) is -0.465. The Labute approximate surface area is 149 Å². The minimum absolute atomic E-state index is 0.0797. The predicted octanol–water partition coefficient (Wildman–Crippen LogP) is 3.71. The van der Waals surface area contributed by atoms with Crippen molar-refractivity contribution in [3.63, 3.8) is 0 Å². The Morgan fingerprint density at radius 2 is 1.96 bits per heavy atom. The second-order valence-corrected chi connectivity index (χ2v) is 7.73. The van der Waals surface area contributed by atoms with Gasteiger partial charge in [0, 0.05) is 30.7 Å². The van der Waals surface area contributed by atoms with E-state index in [2.05, 4.69) is 10.2 Å². The molecule has 0 bridgehead atoms. The van der Waals surface area contributed by atoms with Crippen LogP contribution in [0.5, 0.6) is 5.75 Å². The zero-order valence-corrected chi connectivity index (χ0v) is 15.6. The van der Waals surface area contributed by atoms with Gasteiger partial charge in [-0.1, -0.05) is 11.6 Å². The number of hydrogen-bond donors (Lipinski definition) is 1. The number of likely N-dealkylation sites (tertiary alicyclic amines) is 1. The molecule has 1 aliphatic rings. The number of nitrogens with one attached hydrogen (secondary N) is 1. The topological polar surface area (TPSA) is 50.8 Å². The van der Waals surface area contributed by atoms with Crippen LogP contribution in [-0.4, -0.2) is 48.4 Å². The van der Waals surface area contributed by atoms with E-state index >= 15 is 0 Å². The lowest BCUT2D eigenvalue weighted by molar-refractivity contribution is 0.0170. The van der Waals surface area contributed by atoms with E-state index in [1.54, 1.807) is 0 Å². The molecule has 1 atom stereocenters. The van der Waals surface area contributed by atoms with Gasteiger partial charge in [-0.05, 0) is 58.4 Å². The van der Waals surface area contributed by atoms with E-state index < -0.39 is 5.60 Å². The van der Waals surface area contributed by atoms with E-state index in [0.29, 0.717) is 5.02 Å². The molecular formula is C18H27ClN2O3. The average Bonchev–Trinajstić information content (AvgIpc) is 2.41. The smallest absolute Gasteiger partial charge is 0.407 e. The van der Waals surface area contributed by atoms with Gasteiger partial charge in [-0.25, -0.2) is 4.79 Å². The van der Waals surface area contributed by atoms with Crippen molar-refractivity contribution in [2.45, 2.75) is 51.9 Å². The number of hydrogen-bond acceptors (Lipinski definition) is 4. The van der Waals surface area contributed by atoms with Crippen LogP contribution >= 0.6 is 11.6 Å². The van der Waals surface area contributed by atoms with Crippen LogP contribution in [0.2, 0.25) is 5.02 Å². The summed E-state index contributed by atoms with van der Waals surface area (Å²) >= 11 is 5.86. The van der Waals surface area contributed by atoms with Crippen LogP contribution in [0.15, 0.2) is 24.3 Å². The summed E-state index contributed by atoms with van der Waals surface area (Å²) in [5.74, 6) is 0.851. The lowest BCUT2D eigenvalue weighted by atomic mass is 10.1. The van der Waals surface area contributed by atoms with Crippen molar-refractivity contribution < 1.29 is 14.3 Å². The SMILES string of the molecule is C[C@H](CCN1CC(Oc2ccc(Cl)cc2)C1)NC(=O)OC(C)(C)C. The van der Waals surface area contributed by atoms with E-state index in [0.717, 1.165) is 31.8 Å². The summed E-state index contributed by atoms with van der Waals surface area (Å²) in [6.07, 6.45) is 0.746. The summed E-state index contributed by atoms with van der Waals surface area (Å²) in [7, 11) is 0. The van der Waals surface area contributed by atoms with Crippen molar-refractivity contribution >= 4 is 17.7 Å². The van der Waals surface area contributed by atoms with Crippen LogP contribution in [-0.2, 0) is 4.74 Å². The third kappa shape index (κ3) is 6.57. The van der Waals surface area contributed by atoms with Crippen LogP contribution in [0.3, 0.4) is 0 Å². The molecule has 1 saturated heterocycles. The van der Waals surface area contributed by atoms with Crippen molar-refractivity contribution in [3.8, 4) is 5.75 Å². The predicted molar refractivity (Wildman–Crippen MR) is 95.8 cm³/mol. The van der Waals surface area contributed by atoms with Crippen molar-refractivity contribution in [3.05, 3.63) is 29.3 Å². The van der Waals surface area contributed by atoms with Crippen molar-refractivity contribution in [2.75, 3.05) is 19.6 Å². The molecule has 5 nitrogen and oxygen atoms in total. The fraction of sp³-hybridized carbons (Fsp3) is 0.611. The third-order valence-electron chi connectivity index (χ3n) is 3.68.